The number of hydrogen-bond donors (Lipinski definition) is 1. The van der Waals surface area contributed by atoms with Crippen molar-refractivity contribution in [1.82, 2.24) is 0 Å². The van der Waals surface area contributed by atoms with Crippen molar-refractivity contribution < 1.29 is 35.8 Å². The Morgan fingerprint density at radius 1 is 0.667 bits per heavy atom. The molecule has 0 aromatic heterocycles. The van der Waals surface area contributed by atoms with Crippen LogP contribution in [-0.4, -0.2) is 23.1 Å². The SMILES string of the molecule is CCC(CC)(c1ccc(CCC(O)(C(F)(F)F)C(F)(F)F)c(C)c1)c1ccc(-c2ccc(C)c(F)c2)c(C)c1. The van der Waals surface area contributed by atoms with Gasteiger partial charge in [0.05, 0.1) is 0 Å². The molecule has 0 radical (unpaired) electrons. The highest BCUT2D eigenvalue weighted by Gasteiger charge is 2.69. The van der Waals surface area contributed by atoms with Crippen LogP contribution in [0, 0.1) is 26.6 Å². The number of alkyl halides is 6. The second-order valence-electron chi connectivity index (χ2n) is 10.3. The van der Waals surface area contributed by atoms with Crippen molar-refractivity contribution >= 4 is 0 Å². The van der Waals surface area contributed by atoms with E-state index in [0.29, 0.717) is 29.5 Å². The molecule has 0 atom stereocenters. The first-order valence-electron chi connectivity index (χ1n) is 12.8. The van der Waals surface area contributed by atoms with E-state index in [0.717, 1.165) is 27.8 Å². The van der Waals surface area contributed by atoms with E-state index >= 15 is 0 Å². The van der Waals surface area contributed by atoms with Gasteiger partial charge in [-0.3, -0.25) is 0 Å². The Morgan fingerprint density at radius 3 is 1.67 bits per heavy atom. The van der Waals surface area contributed by atoms with Gasteiger partial charge in [0.15, 0.2) is 0 Å². The molecule has 0 aliphatic carbocycles. The number of aliphatic hydroxyl groups is 1. The molecule has 1 N–H and O–H groups in total. The molecule has 0 heterocycles. The molecule has 0 amide bonds. The van der Waals surface area contributed by atoms with Gasteiger partial charge >= 0.3 is 12.4 Å². The summed E-state index contributed by atoms with van der Waals surface area (Å²) in [4.78, 5) is 0. The molecule has 0 spiro atoms. The Bertz CT molecular complexity index is 1300. The molecule has 0 saturated carbocycles. The minimum atomic E-state index is -5.84. The second kappa shape index (κ2) is 11.0. The van der Waals surface area contributed by atoms with Crippen LogP contribution in [0.3, 0.4) is 0 Å². The summed E-state index contributed by atoms with van der Waals surface area (Å²) in [5.41, 5.74) is 0.698. The molecule has 0 fully saturated rings. The molecule has 212 valence electrons. The van der Waals surface area contributed by atoms with Crippen molar-refractivity contribution in [3.8, 4) is 11.1 Å². The first-order valence-corrected chi connectivity index (χ1v) is 12.8. The quantitative estimate of drug-likeness (QED) is 0.275. The van der Waals surface area contributed by atoms with Gasteiger partial charge < -0.3 is 5.11 Å². The maximum atomic E-state index is 14.2. The zero-order valence-corrected chi connectivity index (χ0v) is 22.6. The normalized spacial score (nSPS) is 13.2. The van der Waals surface area contributed by atoms with Gasteiger partial charge in [-0.25, -0.2) is 4.39 Å². The van der Waals surface area contributed by atoms with Crippen LogP contribution in [0.15, 0.2) is 54.6 Å². The van der Waals surface area contributed by atoms with Gasteiger partial charge in [-0.05, 0) is 97.0 Å². The first kappa shape index (κ1) is 30.7. The van der Waals surface area contributed by atoms with E-state index in [-0.39, 0.29) is 5.82 Å². The van der Waals surface area contributed by atoms with E-state index < -0.39 is 36.2 Å². The van der Waals surface area contributed by atoms with Gasteiger partial charge in [0.1, 0.15) is 5.82 Å². The van der Waals surface area contributed by atoms with Crippen LogP contribution in [0.2, 0.25) is 0 Å². The maximum Gasteiger partial charge on any atom is 0.426 e. The highest BCUT2D eigenvalue weighted by Crippen LogP contribution is 2.46. The molecular weight excluding hydrogens is 521 g/mol. The fraction of sp³-hybridized carbons (Fsp3) is 0.419. The Morgan fingerprint density at radius 2 is 1.21 bits per heavy atom. The van der Waals surface area contributed by atoms with Gasteiger partial charge in [-0.1, -0.05) is 62.4 Å². The predicted molar refractivity (Wildman–Crippen MR) is 139 cm³/mol. The van der Waals surface area contributed by atoms with Gasteiger partial charge in [0.2, 0.25) is 0 Å². The summed E-state index contributed by atoms with van der Waals surface area (Å²) in [6.07, 6.45) is -12.4. The fourth-order valence-electron chi connectivity index (χ4n) is 5.31. The average molecular weight is 555 g/mol. The third-order valence-corrected chi connectivity index (χ3v) is 8.06. The second-order valence-corrected chi connectivity index (χ2v) is 10.3. The van der Waals surface area contributed by atoms with E-state index in [1.807, 2.05) is 39.0 Å². The van der Waals surface area contributed by atoms with Gasteiger partial charge in [-0.2, -0.15) is 26.3 Å². The van der Waals surface area contributed by atoms with Crippen LogP contribution in [0.4, 0.5) is 30.7 Å². The van der Waals surface area contributed by atoms with E-state index in [2.05, 4.69) is 6.07 Å². The Hall–Kier alpha value is -2.87. The third-order valence-electron chi connectivity index (χ3n) is 8.06. The lowest BCUT2D eigenvalue weighted by Crippen LogP contribution is -2.57. The largest absolute Gasteiger partial charge is 0.426 e. The summed E-state index contributed by atoms with van der Waals surface area (Å²) in [7, 11) is 0. The lowest BCUT2D eigenvalue weighted by molar-refractivity contribution is -0.369. The standard InChI is InChI=1S/C31H33F7O/c1-6-28(7-2,25-12-13-26(21(5)17-25)23-9-8-19(3)27(32)18-23)24-11-10-22(20(4)16-24)14-15-29(39,30(33,34)35)31(36,37)38/h8-13,16-18,39H,6-7,14-15H2,1-5H3. The van der Waals surface area contributed by atoms with Crippen molar-refractivity contribution in [2.24, 2.45) is 0 Å². The minimum absolute atomic E-state index is 0.285. The van der Waals surface area contributed by atoms with Gasteiger partial charge in [0, 0.05) is 5.41 Å². The number of rotatable bonds is 8. The zero-order valence-electron chi connectivity index (χ0n) is 22.6. The lowest BCUT2D eigenvalue weighted by atomic mass is 9.69. The average Bonchev–Trinajstić information content (AvgIpc) is 2.85. The summed E-state index contributed by atoms with van der Waals surface area (Å²) in [6, 6.07) is 16.2. The third kappa shape index (κ3) is 5.72. The lowest BCUT2D eigenvalue weighted by Gasteiger charge is -2.35. The molecule has 1 nitrogen and oxygen atoms in total. The molecule has 0 saturated heterocycles. The molecule has 39 heavy (non-hydrogen) atoms. The van der Waals surface area contributed by atoms with Crippen LogP contribution < -0.4 is 0 Å². The highest BCUT2D eigenvalue weighted by molar-refractivity contribution is 5.68. The van der Waals surface area contributed by atoms with Crippen LogP contribution in [-0.2, 0) is 11.8 Å². The number of hydrogen-bond acceptors (Lipinski definition) is 1. The van der Waals surface area contributed by atoms with Crippen molar-refractivity contribution in [2.75, 3.05) is 0 Å². The van der Waals surface area contributed by atoms with Crippen molar-refractivity contribution in [3.05, 3.63) is 93.8 Å². The molecule has 0 aliphatic rings. The summed E-state index contributed by atoms with van der Waals surface area (Å²) in [5.74, 6) is -0.285. The van der Waals surface area contributed by atoms with Crippen LogP contribution in [0.1, 0.15) is 66.5 Å². The van der Waals surface area contributed by atoms with E-state index in [1.54, 1.807) is 38.1 Å². The van der Waals surface area contributed by atoms with Crippen molar-refractivity contribution in [2.45, 2.75) is 83.7 Å². The van der Waals surface area contributed by atoms with Crippen LogP contribution >= 0.6 is 0 Å². The maximum absolute atomic E-state index is 14.2. The smallest absolute Gasteiger partial charge is 0.374 e. The predicted octanol–water partition coefficient (Wildman–Crippen LogP) is 9.31. The van der Waals surface area contributed by atoms with E-state index in [4.69, 9.17) is 0 Å². The number of aryl methyl sites for hydroxylation is 4. The Kier molecular flexibility index (Phi) is 8.61. The molecule has 8 heteroatoms. The molecule has 0 unspecified atom stereocenters. The molecular formula is C31H33F7O. The monoisotopic (exact) mass is 554 g/mol. The molecule has 0 bridgehead atoms. The summed E-state index contributed by atoms with van der Waals surface area (Å²) in [5, 5.41) is 9.53. The van der Waals surface area contributed by atoms with Crippen LogP contribution in [0.25, 0.3) is 11.1 Å². The summed E-state index contributed by atoms with van der Waals surface area (Å²) < 4.78 is 92.9. The molecule has 3 rings (SSSR count). The first-order chi connectivity index (χ1) is 18.0. The fourth-order valence-corrected chi connectivity index (χ4v) is 5.31. The minimum Gasteiger partial charge on any atom is -0.374 e. The molecule has 3 aromatic carbocycles. The number of halogens is 7. The Balaban J connectivity index is 1.97. The Labute approximate surface area is 224 Å². The van der Waals surface area contributed by atoms with Crippen LogP contribution in [0.5, 0.6) is 0 Å². The van der Waals surface area contributed by atoms with Crippen molar-refractivity contribution in [1.29, 1.82) is 0 Å². The molecule has 3 aromatic rings. The highest BCUT2D eigenvalue weighted by atomic mass is 19.4. The number of benzene rings is 3. The zero-order chi connectivity index (χ0) is 29.4. The summed E-state index contributed by atoms with van der Waals surface area (Å²) in [6.45, 7) is 9.35. The van der Waals surface area contributed by atoms with Crippen molar-refractivity contribution in [3.63, 3.8) is 0 Å². The summed E-state index contributed by atoms with van der Waals surface area (Å²) >= 11 is 0. The van der Waals surface area contributed by atoms with Gasteiger partial charge in [0.25, 0.3) is 5.60 Å². The van der Waals surface area contributed by atoms with E-state index in [9.17, 15) is 35.8 Å². The van der Waals surface area contributed by atoms with E-state index in [1.165, 1.54) is 6.07 Å². The topological polar surface area (TPSA) is 20.2 Å². The van der Waals surface area contributed by atoms with Gasteiger partial charge in [-0.15, -0.1) is 0 Å². The molecule has 0 aliphatic heterocycles.